The molecule has 0 radical (unpaired) electrons. The van der Waals surface area contributed by atoms with Gasteiger partial charge in [-0.2, -0.15) is 5.10 Å². The molecular formula is C16H12BrN3OS. The smallest absolute Gasteiger partial charge is 0.203 e. The van der Waals surface area contributed by atoms with Crippen LogP contribution in [0.1, 0.15) is 5.56 Å². The van der Waals surface area contributed by atoms with Crippen molar-refractivity contribution < 1.29 is 5.11 Å². The Labute approximate surface area is 140 Å². The van der Waals surface area contributed by atoms with Gasteiger partial charge < -0.3 is 5.11 Å². The largest absolute Gasteiger partial charge is 0.508 e. The molecule has 2 N–H and O–H groups in total. The lowest BCUT2D eigenvalue weighted by Crippen LogP contribution is -1.90. The fraction of sp³-hybridized carbons (Fsp3) is 0. The summed E-state index contributed by atoms with van der Waals surface area (Å²) in [6, 6.07) is 14.9. The first-order valence-corrected chi connectivity index (χ1v) is 8.17. The molecule has 2 aromatic carbocycles. The van der Waals surface area contributed by atoms with Gasteiger partial charge in [0.15, 0.2) is 0 Å². The topological polar surface area (TPSA) is 57.5 Å². The second-order valence-electron chi connectivity index (χ2n) is 4.51. The van der Waals surface area contributed by atoms with Gasteiger partial charge in [0.25, 0.3) is 0 Å². The molecule has 3 rings (SSSR count). The third kappa shape index (κ3) is 3.72. The van der Waals surface area contributed by atoms with Crippen LogP contribution in [0, 0.1) is 0 Å². The number of thiazole rings is 1. The van der Waals surface area contributed by atoms with Crippen molar-refractivity contribution in [3.8, 4) is 17.0 Å². The van der Waals surface area contributed by atoms with Gasteiger partial charge in [-0.15, -0.1) is 11.3 Å². The summed E-state index contributed by atoms with van der Waals surface area (Å²) in [7, 11) is 0. The average molecular weight is 374 g/mol. The highest BCUT2D eigenvalue weighted by atomic mass is 79.9. The Bertz CT molecular complexity index is 799. The normalized spacial score (nSPS) is 11.0. The summed E-state index contributed by atoms with van der Waals surface area (Å²) < 4.78 is 1.04. The fourth-order valence-corrected chi connectivity index (χ4v) is 2.78. The molecule has 0 spiro atoms. The molecule has 0 atom stereocenters. The van der Waals surface area contributed by atoms with Gasteiger partial charge in [-0.05, 0) is 29.8 Å². The van der Waals surface area contributed by atoms with E-state index < -0.39 is 0 Å². The van der Waals surface area contributed by atoms with Crippen LogP contribution in [0.3, 0.4) is 0 Å². The molecule has 1 aromatic heterocycles. The lowest BCUT2D eigenvalue weighted by molar-refractivity contribution is 0.475. The minimum Gasteiger partial charge on any atom is -0.508 e. The summed E-state index contributed by atoms with van der Waals surface area (Å²) in [6.07, 6.45) is 1.64. The molecule has 0 unspecified atom stereocenters. The molecule has 110 valence electrons. The van der Waals surface area contributed by atoms with Crippen molar-refractivity contribution in [2.24, 2.45) is 5.10 Å². The Morgan fingerprint density at radius 1 is 1.18 bits per heavy atom. The SMILES string of the molecule is Oc1cccc(/C=N\Nc2nc(-c3ccc(Br)cc3)cs2)c1. The molecule has 22 heavy (non-hydrogen) atoms. The predicted octanol–water partition coefficient (Wildman–Crippen LogP) is 4.72. The second kappa shape index (κ2) is 6.72. The Hall–Kier alpha value is -2.18. The first kappa shape index (κ1) is 14.7. The monoisotopic (exact) mass is 373 g/mol. The predicted molar refractivity (Wildman–Crippen MR) is 94.6 cm³/mol. The van der Waals surface area contributed by atoms with E-state index in [-0.39, 0.29) is 5.75 Å². The maximum atomic E-state index is 9.38. The van der Waals surface area contributed by atoms with Crippen LogP contribution in [0.4, 0.5) is 5.13 Å². The van der Waals surface area contributed by atoms with Gasteiger partial charge in [0.1, 0.15) is 5.75 Å². The molecule has 0 aliphatic heterocycles. The van der Waals surface area contributed by atoms with Crippen LogP contribution in [-0.4, -0.2) is 16.3 Å². The molecule has 4 nitrogen and oxygen atoms in total. The highest BCUT2D eigenvalue weighted by Crippen LogP contribution is 2.26. The van der Waals surface area contributed by atoms with Gasteiger partial charge >= 0.3 is 0 Å². The Morgan fingerprint density at radius 3 is 2.77 bits per heavy atom. The van der Waals surface area contributed by atoms with Crippen LogP contribution >= 0.6 is 27.3 Å². The summed E-state index contributed by atoms with van der Waals surface area (Å²) in [5.41, 5.74) is 5.69. The number of rotatable bonds is 4. The van der Waals surface area contributed by atoms with Gasteiger partial charge in [0.05, 0.1) is 11.9 Å². The molecular weight excluding hydrogens is 362 g/mol. The molecule has 0 amide bonds. The standard InChI is InChI=1S/C16H12BrN3OS/c17-13-6-4-12(5-7-13)15-10-22-16(19-15)20-18-9-11-2-1-3-14(21)8-11/h1-10,21H,(H,19,20)/b18-9-. The maximum Gasteiger partial charge on any atom is 0.203 e. The highest BCUT2D eigenvalue weighted by Gasteiger charge is 2.03. The zero-order valence-corrected chi connectivity index (χ0v) is 13.8. The zero-order chi connectivity index (χ0) is 15.4. The van der Waals surface area contributed by atoms with Crippen molar-refractivity contribution >= 4 is 38.6 Å². The number of hydrogen-bond acceptors (Lipinski definition) is 5. The van der Waals surface area contributed by atoms with Gasteiger partial charge in [-0.25, -0.2) is 4.98 Å². The van der Waals surface area contributed by atoms with Crippen molar-refractivity contribution in [3.63, 3.8) is 0 Å². The Balaban J connectivity index is 1.68. The van der Waals surface area contributed by atoms with Gasteiger partial charge in [0.2, 0.25) is 5.13 Å². The molecule has 0 bridgehead atoms. The molecule has 0 fully saturated rings. The number of anilines is 1. The third-order valence-electron chi connectivity index (χ3n) is 2.89. The minimum atomic E-state index is 0.218. The number of nitrogens with one attached hydrogen (secondary N) is 1. The maximum absolute atomic E-state index is 9.38. The summed E-state index contributed by atoms with van der Waals surface area (Å²) in [4.78, 5) is 4.49. The van der Waals surface area contributed by atoms with E-state index >= 15 is 0 Å². The summed E-state index contributed by atoms with van der Waals surface area (Å²) in [6.45, 7) is 0. The van der Waals surface area contributed by atoms with Crippen LogP contribution in [0.15, 0.2) is 63.5 Å². The summed E-state index contributed by atoms with van der Waals surface area (Å²) >= 11 is 4.91. The highest BCUT2D eigenvalue weighted by molar-refractivity contribution is 9.10. The van der Waals surface area contributed by atoms with Crippen LogP contribution in [0.2, 0.25) is 0 Å². The summed E-state index contributed by atoms with van der Waals surface area (Å²) in [5, 5.41) is 16.2. The minimum absolute atomic E-state index is 0.218. The molecule has 0 saturated heterocycles. The Morgan fingerprint density at radius 2 is 2.00 bits per heavy atom. The molecule has 3 aromatic rings. The number of phenols is 1. The van der Waals surface area contributed by atoms with Crippen molar-refractivity contribution in [1.29, 1.82) is 0 Å². The molecule has 0 aliphatic rings. The molecule has 1 heterocycles. The van der Waals surface area contributed by atoms with Crippen molar-refractivity contribution in [1.82, 2.24) is 4.98 Å². The fourth-order valence-electron chi connectivity index (χ4n) is 1.85. The van der Waals surface area contributed by atoms with E-state index in [1.54, 1.807) is 24.4 Å². The van der Waals surface area contributed by atoms with Crippen LogP contribution in [-0.2, 0) is 0 Å². The zero-order valence-electron chi connectivity index (χ0n) is 11.4. The van der Waals surface area contributed by atoms with Crippen LogP contribution in [0.5, 0.6) is 5.75 Å². The number of hydrogen-bond donors (Lipinski definition) is 2. The number of benzene rings is 2. The third-order valence-corrected chi connectivity index (χ3v) is 4.16. The number of hydrazone groups is 1. The molecule has 6 heteroatoms. The number of halogens is 1. The van der Waals surface area contributed by atoms with E-state index in [0.29, 0.717) is 5.13 Å². The van der Waals surface area contributed by atoms with E-state index in [1.165, 1.54) is 11.3 Å². The van der Waals surface area contributed by atoms with E-state index in [9.17, 15) is 5.11 Å². The van der Waals surface area contributed by atoms with Crippen molar-refractivity contribution in [2.45, 2.75) is 0 Å². The number of aromatic nitrogens is 1. The lowest BCUT2D eigenvalue weighted by Gasteiger charge is -1.97. The average Bonchev–Trinajstić information content (AvgIpc) is 2.97. The second-order valence-corrected chi connectivity index (χ2v) is 6.28. The first-order chi connectivity index (χ1) is 10.7. The van der Waals surface area contributed by atoms with E-state index in [0.717, 1.165) is 21.3 Å². The molecule has 0 saturated carbocycles. The quantitative estimate of drug-likeness (QED) is 0.513. The molecule has 0 aliphatic carbocycles. The lowest BCUT2D eigenvalue weighted by atomic mass is 10.2. The van der Waals surface area contributed by atoms with E-state index in [1.807, 2.05) is 35.7 Å². The van der Waals surface area contributed by atoms with E-state index in [4.69, 9.17) is 0 Å². The van der Waals surface area contributed by atoms with Crippen LogP contribution in [0.25, 0.3) is 11.3 Å². The number of aromatic hydroxyl groups is 1. The van der Waals surface area contributed by atoms with Crippen LogP contribution < -0.4 is 5.43 Å². The first-order valence-electron chi connectivity index (χ1n) is 6.50. The summed E-state index contributed by atoms with van der Waals surface area (Å²) in [5.74, 6) is 0.218. The number of nitrogens with zero attached hydrogens (tertiary/aromatic N) is 2. The van der Waals surface area contributed by atoms with Crippen molar-refractivity contribution in [2.75, 3.05) is 5.43 Å². The van der Waals surface area contributed by atoms with Gasteiger partial charge in [0, 0.05) is 15.4 Å². The van der Waals surface area contributed by atoms with Gasteiger partial charge in [-0.1, -0.05) is 40.2 Å². The Kier molecular flexibility index (Phi) is 4.50. The van der Waals surface area contributed by atoms with E-state index in [2.05, 4.69) is 31.4 Å². The van der Waals surface area contributed by atoms with Gasteiger partial charge in [-0.3, -0.25) is 5.43 Å². The van der Waals surface area contributed by atoms with Crippen molar-refractivity contribution in [3.05, 3.63) is 63.9 Å². The number of phenolic OH excluding ortho intramolecular Hbond substituents is 1.